The van der Waals surface area contributed by atoms with Crippen LogP contribution in [0, 0.1) is 0 Å². The van der Waals surface area contributed by atoms with Crippen molar-refractivity contribution >= 4 is 18.3 Å². The lowest BCUT2D eigenvalue weighted by Gasteiger charge is -2.27. The van der Waals surface area contributed by atoms with Gasteiger partial charge in [-0.05, 0) is 31.2 Å². The molecule has 2 N–H and O–H groups in total. The van der Waals surface area contributed by atoms with Crippen LogP contribution in [0.15, 0.2) is 30.3 Å². The number of hydrogen-bond acceptors (Lipinski definition) is 3. The Morgan fingerprint density at radius 3 is 2.64 bits per heavy atom. The molecule has 124 valence electrons. The van der Waals surface area contributed by atoms with Crippen molar-refractivity contribution in [2.75, 3.05) is 26.2 Å². The van der Waals surface area contributed by atoms with E-state index in [1.54, 1.807) is 0 Å². The SMILES string of the molecule is Cl.NCCN(CCc1ccccc1)C(=O)CC1CCCCO1. The van der Waals surface area contributed by atoms with E-state index in [9.17, 15) is 4.79 Å². The average Bonchev–Trinajstić information content (AvgIpc) is 2.53. The lowest BCUT2D eigenvalue weighted by Crippen LogP contribution is -2.39. The minimum absolute atomic E-state index is 0. The molecule has 1 aromatic carbocycles. The summed E-state index contributed by atoms with van der Waals surface area (Å²) >= 11 is 0. The van der Waals surface area contributed by atoms with Crippen LogP contribution < -0.4 is 5.73 Å². The van der Waals surface area contributed by atoms with Gasteiger partial charge in [-0.2, -0.15) is 0 Å². The van der Waals surface area contributed by atoms with Crippen molar-refractivity contribution in [2.24, 2.45) is 5.73 Å². The Kier molecular flexibility index (Phi) is 9.13. The molecular formula is C17H27ClN2O2. The Morgan fingerprint density at radius 1 is 1.23 bits per heavy atom. The summed E-state index contributed by atoms with van der Waals surface area (Å²) in [4.78, 5) is 14.3. The van der Waals surface area contributed by atoms with E-state index in [0.717, 1.165) is 32.4 Å². The quantitative estimate of drug-likeness (QED) is 0.837. The number of carbonyl (C=O) groups is 1. The third kappa shape index (κ3) is 6.34. The third-order valence-electron chi connectivity index (χ3n) is 3.94. The standard InChI is InChI=1S/C17H26N2O2.ClH/c18-10-12-19(11-9-15-6-2-1-3-7-15)17(20)14-16-8-4-5-13-21-16;/h1-3,6-7,16H,4-5,8-14,18H2;1H. The number of ether oxygens (including phenoxy) is 1. The van der Waals surface area contributed by atoms with Crippen LogP contribution in [0.1, 0.15) is 31.2 Å². The van der Waals surface area contributed by atoms with Crippen molar-refractivity contribution in [1.29, 1.82) is 0 Å². The second-order valence-electron chi connectivity index (χ2n) is 5.60. The molecule has 1 unspecified atom stereocenters. The average molecular weight is 327 g/mol. The minimum Gasteiger partial charge on any atom is -0.378 e. The number of benzene rings is 1. The predicted molar refractivity (Wildman–Crippen MR) is 91.2 cm³/mol. The maximum atomic E-state index is 12.4. The molecule has 1 saturated heterocycles. The van der Waals surface area contributed by atoms with Gasteiger partial charge in [-0.15, -0.1) is 12.4 Å². The molecule has 22 heavy (non-hydrogen) atoms. The first-order valence-electron chi connectivity index (χ1n) is 7.93. The Bertz CT molecular complexity index is 422. The van der Waals surface area contributed by atoms with Crippen LogP contribution in [0.3, 0.4) is 0 Å². The van der Waals surface area contributed by atoms with E-state index in [1.807, 2.05) is 23.1 Å². The summed E-state index contributed by atoms with van der Waals surface area (Å²) in [7, 11) is 0. The highest BCUT2D eigenvalue weighted by atomic mass is 35.5. The summed E-state index contributed by atoms with van der Waals surface area (Å²) in [6.45, 7) is 2.65. The molecule has 2 rings (SSSR count). The molecule has 1 fully saturated rings. The molecule has 1 amide bonds. The van der Waals surface area contributed by atoms with E-state index < -0.39 is 0 Å². The summed E-state index contributed by atoms with van der Waals surface area (Å²) in [6, 6.07) is 10.2. The first kappa shape index (κ1) is 18.9. The van der Waals surface area contributed by atoms with Crippen LogP contribution in [0.5, 0.6) is 0 Å². The second-order valence-corrected chi connectivity index (χ2v) is 5.60. The van der Waals surface area contributed by atoms with Gasteiger partial charge >= 0.3 is 0 Å². The zero-order valence-corrected chi connectivity index (χ0v) is 13.9. The predicted octanol–water partition coefficient (Wildman–Crippen LogP) is 2.40. The zero-order valence-electron chi connectivity index (χ0n) is 13.1. The van der Waals surface area contributed by atoms with E-state index in [4.69, 9.17) is 10.5 Å². The maximum Gasteiger partial charge on any atom is 0.225 e. The number of amides is 1. The van der Waals surface area contributed by atoms with Gasteiger partial charge in [0.15, 0.2) is 0 Å². The van der Waals surface area contributed by atoms with Gasteiger partial charge in [0.05, 0.1) is 12.5 Å². The van der Waals surface area contributed by atoms with Crippen molar-refractivity contribution in [3.05, 3.63) is 35.9 Å². The molecule has 1 aromatic rings. The Labute approximate surface area is 139 Å². The van der Waals surface area contributed by atoms with Crippen LogP contribution in [-0.4, -0.2) is 43.2 Å². The number of nitrogens with two attached hydrogens (primary N) is 1. The van der Waals surface area contributed by atoms with Gasteiger partial charge in [0.1, 0.15) is 0 Å². The fraction of sp³-hybridized carbons (Fsp3) is 0.588. The first-order valence-corrected chi connectivity index (χ1v) is 7.93. The summed E-state index contributed by atoms with van der Waals surface area (Å²) in [5.74, 6) is 0.170. The largest absolute Gasteiger partial charge is 0.378 e. The van der Waals surface area contributed by atoms with Gasteiger partial charge in [0.2, 0.25) is 5.91 Å². The van der Waals surface area contributed by atoms with Crippen molar-refractivity contribution in [3.63, 3.8) is 0 Å². The van der Waals surface area contributed by atoms with Crippen LogP contribution >= 0.6 is 12.4 Å². The highest BCUT2D eigenvalue weighted by Crippen LogP contribution is 2.16. The van der Waals surface area contributed by atoms with Crippen molar-refractivity contribution in [1.82, 2.24) is 4.90 Å². The Balaban J connectivity index is 0.00000242. The van der Waals surface area contributed by atoms with Gasteiger partial charge < -0.3 is 15.4 Å². The van der Waals surface area contributed by atoms with Gasteiger partial charge in [-0.1, -0.05) is 30.3 Å². The molecular weight excluding hydrogens is 300 g/mol. The fourth-order valence-electron chi connectivity index (χ4n) is 2.72. The molecule has 1 aliphatic rings. The number of carbonyl (C=O) groups excluding carboxylic acids is 1. The molecule has 1 atom stereocenters. The third-order valence-corrected chi connectivity index (χ3v) is 3.94. The van der Waals surface area contributed by atoms with Crippen LogP contribution in [-0.2, 0) is 16.0 Å². The first-order chi connectivity index (χ1) is 10.3. The highest BCUT2D eigenvalue weighted by Gasteiger charge is 2.21. The molecule has 4 nitrogen and oxygen atoms in total. The maximum absolute atomic E-state index is 12.4. The minimum atomic E-state index is 0. The van der Waals surface area contributed by atoms with Crippen molar-refractivity contribution < 1.29 is 9.53 Å². The van der Waals surface area contributed by atoms with Gasteiger partial charge in [0, 0.05) is 26.2 Å². The molecule has 0 bridgehead atoms. The van der Waals surface area contributed by atoms with Crippen LogP contribution in [0.25, 0.3) is 0 Å². The van der Waals surface area contributed by atoms with Crippen LogP contribution in [0.2, 0.25) is 0 Å². The highest BCUT2D eigenvalue weighted by molar-refractivity contribution is 5.85. The molecule has 0 saturated carbocycles. The van der Waals surface area contributed by atoms with Crippen molar-refractivity contribution in [2.45, 2.75) is 38.2 Å². The second kappa shape index (κ2) is 10.6. The summed E-state index contributed by atoms with van der Waals surface area (Å²) in [5.41, 5.74) is 6.90. The molecule has 1 heterocycles. The van der Waals surface area contributed by atoms with Crippen LogP contribution in [0.4, 0.5) is 0 Å². The smallest absolute Gasteiger partial charge is 0.225 e. The van der Waals surface area contributed by atoms with E-state index in [1.165, 1.54) is 12.0 Å². The molecule has 0 aliphatic carbocycles. The lowest BCUT2D eigenvalue weighted by atomic mass is 10.1. The molecule has 5 heteroatoms. The van der Waals surface area contributed by atoms with E-state index in [0.29, 0.717) is 19.5 Å². The summed E-state index contributed by atoms with van der Waals surface area (Å²) in [6.07, 6.45) is 4.75. The topological polar surface area (TPSA) is 55.6 Å². The number of hydrogen-bond donors (Lipinski definition) is 1. The van der Waals surface area contributed by atoms with Gasteiger partial charge in [-0.25, -0.2) is 0 Å². The number of halogens is 1. The zero-order chi connectivity index (χ0) is 14.9. The van der Waals surface area contributed by atoms with Crippen molar-refractivity contribution in [3.8, 4) is 0 Å². The van der Waals surface area contributed by atoms with E-state index >= 15 is 0 Å². The molecule has 1 aliphatic heterocycles. The summed E-state index contributed by atoms with van der Waals surface area (Å²) < 4.78 is 5.66. The number of rotatable bonds is 7. The van der Waals surface area contributed by atoms with Gasteiger partial charge in [-0.3, -0.25) is 4.79 Å². The Hall–Kier alpha value is -1.10. The monoisotopic (exact) mass is 326 g/mol. The van der Waals surface area contributed by atoms with E-state index in [-0.39, 0.29) is 24.4 Å². The normalized spacial score (nSPS) is 17.6. The fourth-order valence-corrected chi connectivity index (χ4v) is 2.72. The number of nitrogens with zero attached hydrogens (tertiary/aromatic N) is 1. The van der Waals surface area contributed by atoms with Gasteiger partial charge in [0.25, 0.3) is 0 Å². The van der Waals surface area contributed by atoms with E-state index in [2.05, 4.69) is 12.1 Å². The summed E-state index contributed by atoms with van der Waals surface area (Å²) in [5, 5.41) is 0. The molecule has 0 spiro atoms. The molecule has 0 radical (unpaired) electrons. The molecule has 0 aromatic heterocycles. The Morgan fingerprint density at radius 2 is 2.00 bits per heavy atom. The lowest BCUT2D eigenvalue weighted by molar-refractivity contribution is -0.135.